The van der Waals surface area contributed by atoms with Crippen LogP contribution in [-0.2, 0) is 27.3 Å². The van der Waals surface area contributed by atoms with E-state index in [1.54, 1.807) is 43.6 Å². The van der Waals surface area contributed by atoms with Crippen LogP contribution in [0.15, 0.2) is 48.8 Å². The Balaban J connectivity index is 1.36. The fourth-order valence-corrected chi connectivity index (χ4v) is 6.28. The van der Waals surface area contributed by atoms with Gasteiger partial charge in [0.25, 0.3) is 5.91 Å². The molecule has 2 aliphatic rings. The molecule has 266 valence electrons. The monoisotopic (exact) mass is 687 g/mol. The van der Waals surface area contributed by atoms with E-state index in [1.807, 2.05) is 32.3 Å². The molecule has 1 atom stereocenters. The van der Waals surface area contributed by atoms with Crippen molar-refractivity contribution >= 4 is 34.8 Å². The van der Waals surface area contributed by atoms with Gasteiger partial charge in [0.15, 0.2) is 0 Å². The van der Waals surface area contributed by atoms with Crippen molar-refractivity contribution < 1.29 is 28.2 Å². The summed E-state index contributed by atoms with van der Waals surface area (Å²) in [5.74, 6) is -0.333. The molecular formula is C37H46FN7O5. The lowest BCUT2D eigenvalue weighted by Crippen LogP contribution is -2.37. The molecule has 0 aliphatic carbocycles. The number of pyridine rings is 2. The number of anilines is 3. The summed E-state index contributed by atoms with van der Waals surface area (Å²) in [6.45, 7) is 11.2. The second-order valence-corrected chi connectivity index (χ2v) is 14.0. The Labute approximate surface area is 292 Å². The first-order chi connectivity index (χ1) is 23.9. The number of benzene rings is 1. The molecule has 0 spiro atoms. The zero-order valence-electron chi connectivity index (χ0n) is 29.7. The molecule has 2 amide bonds. The molecule has 1 N–H and O–H groups in total. The van der Waals surface area contributed by atoms with Crippen LogP contribution in [0.1, 0.15) is 62.2 Å². The van der Waals surface area contributed by atoms with Crippen molar-refractivity contribution in [3.8, 4) is 11.3 Å². The van der Waals surface area contributed by atoms with Gasteiger partial charge in [-0.2, -0.15) is 0 Å². The van der Waals surface area contributed by atoms with Crippen LogP contribution in [-0.4, -0.2) is 94.9 Å². The van der Waals surface area contributed by atoms with E-state index in [9.17, 15) is 14.0 Å². The van der Waals surface area contributed by atoms with Gasteiger partial charge in [-0.1, -0.05) is 19.4 Å². The normalized spacial score (nSPS) is 16.6. The molecule has 13 heteroatoms. The number of ether oxygens (including phenoxy) is 3. The average molecular weight is 688 g/mol. The molecule has 0 saturated carbocycles. The highest BCUT2D eigenvalue weighted by molar-refractivity contribution is 6.11. The first-order valence-corrected chi connectivity index (χ1v) is 17.1. The first-order valence-electron chi connectivity index (χ1n) is 17.1. The molecule has 6 rings (SSSR count). The number of hydrogen-bond acceptors (Lipinski definition) is 10. The highest BCUT2D eigenvalue weighted by Gasteiger charge is 2.39. The molecule has 2 aliphatic heterocycles. The van der Waals surface area contributed by atoms with Crippen LogP contribution in [0.5, 0.6) is 0 Å². The molecule has 0 bridgehead atoms. The van der Waals surface area contributed by atoms with Crippen molar-refractivity contribution in [3.63, 3.8) is 0 Å². The quantitative estimate of drug-likeness (QED) is 0.192. The minimum Gasteiger partial charge on any atom is -0.443 e. The van der Waals surface area contributed by atoms with Crippen LogP contribution in [0.4, 0.5) is 26.4 Å². The number of hydrogen-bond donors (Lipinski definition) is 1. The average Bonchev–Trinajstić information content (AvgIpc) is 3.53. The Bertz CT molecular complexity index is 1870. The molecule has 1 aromatic carbocycles. The lowest BCUT2D eigenvalue weighted by Gasteiger charge is -2.28. The largest absolute Gasteiger partial charge is 0.443 e. The summed E-state index contributed by atoms with van der Waals surface area (Å²) in [4.78, 5) is 42.2. The van der Waals surface area contributed by atoms with E-state index in [2.05, 4.69) is 27.0 Å². The molecule has 0 radical (unpaired) electrons. The number of unbranched alkanes of at least 4 members (excludes halogenated alkanes) is 1. The Morgan fingerprint density at radius 2 is 2.00 bits per heavy atom. The predicted octanol–water partition coefficient (Wildman–Crippen LogP) is 6.25. The minimum absolute atomic E-state index is 0.000861. The molecule has 5 heterocycles. The fourth-order valence-electron chi connectivity index (χ4n) is 6.28. The predicted molar refractivity (Wildman–Crippen MR) is 189 cm³/mol. The number of amides is 2. The van der Waals surface area contributed by atoms with Crippen LogP contribution >= 0.6 is 0 Å². The summed E-state index contributed by atoms with van der Waals surface area (Å²) in [6.07, 6.45) is 4.54. The summed E-state index contributed by atoms with van der Waals surface area (Å²) in [5, 5.41) is 3.39. The van der Waals surface area contributed by atoms with Gasteiger partial charge in [0, 0.05) is 44.1 Å². The highest BCUT2D eigenvalue weighted by atomic mass is 19.1. The standard InChI is InChI=1S/C37H46FN7O5/c1-7-8-16-49-25-20-43(15-17-48-23-25)30-11-12-32(41-29(30)22-42(5)6)40-28-10-9-26(31-19-39-33-18-24(38)13-14-44(31)33)27-21-45(35(46)34(27)28)36(47)50-37(2,3)4/h9-14,18-19,25H,7-8,15-17,20-23H2,1-6H3,(H,40,41). The van der Waals surface area contributed by atoms with Crippen molar-refractivity contribution in [2.24, 2.45) is 0 Å². The zero-order valence-corrected chi connectivity index (χ0v) is 29.7. The molecule has 50 heavy (non-hydrogen) atoms. The number of halogens is 1. The third-order valence-corrected chi connectivity index (χ3v) is 8.56. The highest BCUT2D eigenvalue weighted by Crippen LogP contribution is 2.39. The molecule has 12 nitrogen and oxygen atoms in total. The molecule has 1 saturated heterocycles. The van der Waals surface area contributed by atoms with E-state index in [1.165, 1.54) is 12.1 Å². The molecular weight excluding hydrogens is 641 g/mol. The summed E-state index contributed by atoms with van der Waals surface area (Å²) in [5.41, 5.74) is 4.31. The Morgan fingerprint density at radius 1 is 1.18 bits per heavy atom. The molecule has 1 unspecified atom stereocenters. The lowest BCUT2D eigenvalue weighted by molar-refractivity contribution is -0.000229. The van der Waals surface area contributed by atoms with E-state index < -0.39 is 23.4 Å². The van der Waals surface area contributed by atoms with Gasteiger partial charge < -0.3 is 29.3 Å². The summed E-state index contributed by atoms with van der Waals surface area (Å²) >= 11 is 0. The van der Waals surface area contributed by atoms with Gasteiger partial charge in [-0.05, 0) is 71.1 Å². The SMILES string of the molecule is CCCCOC1COCCN(c2ccc(Nc3ccc(-c4cnc5cc(F)ccn45)c4c3C(=O)N(C(=O)OC(C)(C)C)C4)nc2CN(C)C)C1. The van der Waals surface area contributed by atoms with Crippen molar-refractivity contribution in [2.45, 2.75) is 65.3 Å². The summed E-state index contributed by atoms with van der Waals surface area (Å²) in [7, 11) is 4.00. The van der Waals surface area contributed by atoms with Crippen molar-refractivity contribution in [2.75, 3.05) is 57.2 Å². The maximum absolute atomic E-state index is 14.1. The Morgan fingerprint density at radius 3 is 2.76 bits per heavy atom. The van der Waals surface area contributed by atoms with E-state index in [4.69, 9.17) is 19.2 Å². The van der Waals surface area contributed by atoms with E-state index in [0.717, 1.165) is 29.1 Å². The Kier molecular flexibility index (Phi) is 10.4. The van der Waals surface area contributed by atoms with E-state index in [0.29, 0.717) is 79.0 Å². The van der Waals surface area contributed by atoms with Gasteiger partial charge in [0.05, 0.1) is 60.4 Å². The maximum atomic E-state index is 14.1. The number of carbonyl (C=O) groups is 2. The number of imide groups is 1. The lowest BCUT2D eigenvalue weighted by atomic mass is 9.99. The first kappa shape index (κ1) is 35.2. The maximum Gasteiger partial charge on any atom is 0.417 e. The van der Waals surface area contributed by atoms with Gasteiger partial charge in [0.2, 0.25) is 0 Å². The van der Waals surface area contributed by atoms with Crippen molar-refractivity contribution in [1.82, 2.24) is 24.2 Å². The van der Waals surface area contributed by atoms with Crippen LogP contribution < -0.4 is 10.2 Å². The van der Waals surface area contributed by atoms with Gasteiger partial charge in [-0.3, -0.25) is 9.20 Å². The van der Waals surface area contributed by atoms with Crippen LogP contribution in [0.25, 0.3) is 16.9 Å². The number of imidazole rings is 1. The number of carbonyl (C=O) groups excluding carboxylic acids is 2. The number of nitrogens with one attached hydrogen (secondary N) is 1. The zero-order chi connectivity index (χ0) is 35.6. The number of fused-ring (bicyclic) bond motifs is 2. The van der Waals surface area contributed by atoms with Crippen molar-refractivity contribution in [3.05, 3.63) is 71.4 Å². The minimum atomic E-state index is -0.794. The molecule has 4 aromatic rings. The second-order valence-electron chi connectivity index (χ2n) is 14.0. The van der Waals surface area contributed by atoms with Gasteiger partial charge in [-0.25, -0.2) is 24.1 Å². The van der Waals surface area contributed by atoms with E-state index in [-0.39, 0.29) is 12.6 Å². The molecule has 1 fully saturated rings. The fraction of sp³-hybridized carbons (Fsp3) is 0.459. The van der Waals surface area contributed by atoms with Crippen LogP contribution in [0.3, 0.4) is 0 Å². The van der Waals surface area contributed by atoms with Crippen LogP contribution in [0, 0.1) is 5.82 Å². The number of aromatic nitrogens is 3. The van der Waals surface area contributed by atoms with E-state index >= 15 is 0 Å². The van der Waals surface area contributed by atoms with Crippen LogP contribution in [0.2, 0.25) is 0 Å². The topological polar surface area (TPSA) is 114 Å². The number of rotatable bonds is 10. The number of nitrogens with zero attached hydrogens (tertiary/aromatic N) is 6. The smallest absolute Gasteiger partial charge is 0.417 e. The van der Waals surface area contributed by atoms with Crippen molar-refractivity contribution in [1.29, 1.82) is 0 Å². The molecule has 3 aromatic heterocycles. The van der Waals surface area contributed by atoms with Gasteiger partial charge in [0.1, 0.15) is 22.9 Å². The Hall–Kier alpha value is -4.59. The van der Waals surface area contributed by atoms with Gasteiger partial charge >= 0.3 is 6.09 Å². The second kappa shape index (κ2) is 14.7. The third kappa shape index (κ3) is 7.74. The summed E-state index contributed by atoms with van der Waals surface area (Å²) < 4.78 is 33.4. The van der Waals surface area contributed by atoms with Gasteiger partial charge in [-0.15, -0.1) is 0 Å². The summed E-state index contributed by atoms with van der Waals surface area (Å²) in [6, 6.07) is 10.3. The third-order valence-electron chi connectivity index (χ3n) is 8.56.